The Hall–Kier alpha value is -0.900. The van der Waals surface area contributed by atoms with Gasteiger partial charge in [-0.3, -0.25) is 4.99 Å². The minimum absolute atomic E-state index is 0. The van der Waals surface area contributed by atoms with Gasteiger partial charge in [0, 0.05) is 46.3 Å². The van der Waals surface area contributed by atoms with Crippen molar-refractivity contribution < 1.29 is 4.74 Å². The molecule has 1 aromatic rings. The molecule has 0 aliphatic carbocycles. The highest BCUT2D eigenvalue weighted by Gasteiger charge is 2.25. The first-order chi connectivity index (χ1) is 14.2. The highest BCUT2D eigenvalue weighted by molar-refractivity contribution is 14.0. The van der Waals surface area contributed by atoms with Crippen LogP contribution in [0.1, 0.15) is 37.0 Å². The molecule has 2 saturated heterocycles. The van der Waals surface area contributed by atoms with Crippen molar-refractivity contribution in [2.75, 3.05) is 72.6 Å². The Balaban J connectivity index is 0.00000320. The van der Waals surface area contributed by atoms with Gasteiger partial charge in [-0.05, 0) is 44.0 Å². The molecule has 6 nitrogen and oxygen atoms in total. The van der Waals surface area contributed by atoms with Crippen LogP contribution in [0.25, 0.3) is 0 Å². The lowest BCUT2D eigenvalue weighted by atomic mass is 10.0. The lowest BCUT2D eigenvalue weighted by Gasteiger charge is -2.36. The molecule has 7 heteroatoms. The van der Waals surface area contributed by atoms with E-state index in [0.717, 1.165) is 32.2 Å². The predicted octanol–water partition coefficient (Wildman–Crippen LogP) is 2.98. The second kappa shape index (κ2) is 13.5. The molecule has 1 N–H and O–H groups in total. The number of likely N-dealkylation sites (N-methyl/N-ethyl adjacent to an activating group) is 1. The SMILES string of the molecule is CCN1CCN(CCCCNC(=NC)N2CCOC(c3ccccc3C)C2)CC1.I. The zero-order valence-corrected chi connectivity index (χ0v) is 21.3. The van der Waals surface area contributed by atoms with Crippen LogP contribution in [-0.2, 0) is 4.74 Å². The van der Waals surface area contributed by atoms with E-state index in [9.17, 15) is 0 Å². The maximum absolute atomic E-state index is 6.06. The number of hydrogen-bond donors (Lipinski definition) is 1. The maximum Gasteiger partial charge on any atom is 0.193 e. The zero-order chi connectivity index (χ0) is 20.5. The number of aliphatic imine (C=N–C) groups is 1. The summed E-state index contributed by atoms with van der Waals surface area (Å²) in [6.45, 7) is 15.2. The Morgan fingerprint density at radius 2 is 1.83 bits per heavy atom. The largest absolute Gasteiger partial charge is 0.370 e. The summed E-state index contributed by atoms with van der Waals surface area (Å²) in [6.07, 6.45) is 2.54. The Morgan fingerprint density at radius 3 is 2.53 bits per heavy atom. The molecule has 0 saturated carbocycles. The van der Waals surface area contributed by atoms with E-state index in [4.69, 9.17) is 4.74 Å². The number of guanidine groups is 1. The fourth-order valence-electron chi connectivity index (χ4n) is 4.30. The average Bonchev–Trinajstić information content (AvgIpc) is 2.77. The van der Waals surface area contributed by atoms with Crippen molar-refractivity contribution in [3.8, 4) is 0 Å². The van der Waals surface area contributed by atoms with E-state index >= 15 is 0 Å². The summed E-state index contributed by atoms with van der Waals surface area (Å²) in [4.78, 5) is 12.0. The molecule has 170 valence electrons. The molecule has 0 radical (unpaired) electrons. The summed E-state index contributed by atoms with van der Waals surface area (Å²) in [7, 11) is 1.88. The van der Waals surface area contributed by atoms with Gasteiger partial charge in [0.25, 0.3) is 0 Å². The Labute approximate surface area is 200 Å². The molecule has 2 heterocycles. The van der Waals surface area contributed by atoms with E-state index in [1.807, 2.05) is 7.05 Å². The highest BCUT2D eigenvalue weighted by atomic mass is 127. The standard InChI is InChI=1S/C23H39N5O.HI/c1-4-26-13-15-27(16-14-26)12-8-7-11-25-23(24-3)28-17-18-29-22(19-28)21-10-6-5-9-20(21)2;/h5-6,9-10,22H,4,7-8,11-19H2,1-3H3,(H,24,25);1H. The number of morpholine rings is 1. The molecule has 2 fully saturated rings. The molecule has 1 unspecified atom stereocenters. The molecule has 2 aliphatic rings. The van der Waals surface area contributed by atoms with Gasteiger partial charge < -0.3 is 24.8 Å². The van der Waals surface area contributed by atoms with Crippen LogP contribution in [0.5, 0.6) is 0 Å². The van der Waals surface area contributed by atoms with Gasteiger partial charge in [-0.25, -0.2) is 0 Å². The third-order valence-electron chi connectivity index (χ3n) is 6.21. The molecule has 0 spiro atoms. The van der Waals surface area contributed by atoms with Crippen LogP contribution >= 0.6 is 24.0 Å². The van der Waals surface area contributed by atoms with Crippen molar-refractivity contribution in [3.63, 3.8) is 0 Å². The quantitative estimate of drug-likeness (QED) is 0.255. The Kier molecular flexibility index (Phi) is 11.4. The molecule has 1 aromatic carbocycles. The second-order valence-electron chi connectivity index (χ2n) is 8.12. The number of unbranched alkanes of at least 4 members (excludes halogenated alkanes) is 1. The van der Waals surface area contributed by atoms with Gasteiger partial charge in [-0.15, -0.1) is 24.0 Å². The lowest BCUT2D eigenvalue weighted by Crippen LogP contribution is -2.48. The molecule has 2 aliphatic heterocycles. The fraction of sp³-hybridized carbons (Fsp3) is 0.696. The zero-order valence-electron chi connectivity index (χ0n) is 19.0. The van der Waals surface area contributed by atoms with Crippen LogP contribution in [-0.4, -0.2) is 93.2 Å². The van der Waals surface area contributed by atoms with Crippen molar-refractivity contribution in [2.45, 2.75) is 32.8 Å². The van der Waals surface area contributed by atoms with Crippen molar-refractivity contribution in [3.05, 3.63) is 35.4 Å². The van der Waals surface area contributed by atoms with Crippen LogP contribution < -0.4 is 5.32 Å². The van der Waals surface area contributed by atoms with E-state index < -0.39 is 0 Å². The summed E-state index contributed by atoms with van der Waals surface area (Å²) < 4.78 is 6.06. The topological polar surface area (TPSA) is 43.3 Å². The van der Waals surface area contributed by atoms with Gasteiger partial charge in [-0.2, -0.15) is 0 Å². The van der Waals surface area contributed by atoms with Crippen molar-refractivity contribution in [1.82, 2.24) is 20.0 Å². The molecule has 0 aromatic heterocycles. The summed E-state index contributed by atoms with van der Waals surface area (Å²) in [6, 6.07) is 8.52. The first kappa shape index (κ1) is 25.4. The first-order valence-corrected chi connectivity index (χ1v) is 11.3. The van der Waals surface area contributed by atoms with Crippen LogP contribution in [0, 0.1) is 6.92 Å². The predicted molar refractivity (Wildman–Crippen MR) is 136 cm³/mol. The smallest absolute Gasteiger partial charge is 0.193 e. The third kappa shape index (κ3) is 7.35. The number of benzene rings is 1. The van der Waals surface area contributed by atoms with E-state index in [1.165, 1.54) is 63.2 Å². The van der Waals surface area contributed by atoms with E-state index in [1.54, 1.807) is 0 Å². The van der Waals surface area contributed by atoms with Crippen molar-refractivity contribution in [2.24, 2.45) is 4.99 Å². The highest BCUT2D eigenvalue weighted by Crippen LogP contribution is 2.24. The van der Waals surface area contributed by atoms with Gasteiger partial charge >= 0.3 is 0 Å². The van der Waals surface area contributed by atoms with Gasteiger partial charge in [0.1, 0.15) is 6.10 Å². The van der Waals surface area contributed by atoms with Crippen LogP contribution in [0.2, 0.25) is 0 Å². The summed E-state index contributed by atoms with van der Waals surface area (Å²) in [5.74, 6) is 1.00. The van der Waals surface area contributed by atoms with Crippen LogP contribution in [0.3, 0.4) is 0 Å². The Morgan fingerprint density at radius 1 is 1.10 bits per heavy atom. The van der Waals surface area contributed by atoms with Crippen LogP contribution in [0.15, 0.2) is 29.3 Å². The second-order valence-corrected chi connectivity index (χ2v) is 8.12. The van der Waals surface area contributed by atoms with Gasteiger partial charge in [0.2, 0.25) is 0 Å². The number of ether oxygens (including phenoxy) is 1. The van der Waals surface area contributed by atoms with Gasteiger partial charge in [-0.1, -0.05) is 31.2 Å². The summed E-state index contributed by atoms with van der Waals surface area (Å²) in [5.41, 5.74) is 2.58. The average molecular weight is 530 g/mol. The number of piperazine rings is 1. The number of rotatable bonds is 7. The van der Waals surface area contributed by atoms with E-state index in [-0.39, 0.29) is 30.1 Å². The Bertz CT molecular complexity index is 648. The number of aryl methyl sites for hydroxylation is 1. The van der Waals surface area contributed by atoms with Crippen molar-refractivity contribution >= 4 is 29.9 Å². The van der Waals surface area contributed by atoms with Crippen LogP contribution in [0.4, 0.5) is 0 Å². The normalized spacial score (nSPS) is 21.4. The monoisotopic (exact) mass is 529 g/mol. The molecular weight excluding hydrogens is 489 g/mol. The number of halogens is 1. The van der Waals surface area contributed by atoms with Gasteiger partial charge in [0.15, 0.2) is 5.96 Å². The number of hydrogen-bond acceptors (Lipinski definition) is 4. The molecule has 0 bridgehead atoms. The number of nitrogens with one attached hydrogen (secondary N) is 1. The van der Waals surface area contributed by atoms with E-state index in [0.29, 0.717) is 0 Å². The first-order valence-electron chi connectivity index (χ1n) is 11.3. The minimum atomic E-state index is 0. The maximum atomic E-state index is 6.06. The molecule has 0 amide bonds. The number of nitrogens with zero attached hydrogens (tertiary/aromatic N) is 4. The summed E-state index contributed by atoms with van der Waals surface area (Å²) in [5, 5.41) is 3.57. The van der Waals surface area contributed by atoms with Crippen molar-refractivity contribution in [1.29, 1.82) is 0 Å². The molecule has 1 atom stereocenters. The molecule has 3 rings (SSSR count). The summed E-state index contributed by atoms with van der Waals surface area (Å²) >= 11 is 0. The lowest BCUT2D eigenvalue weighted by molar-refractivity contribution is -0.00831. The van der Waals surface area contributed by atoms with E-state index in [2.05, 4.69) is 63.1 Å². The molecule has 30 heavy (non-hydrogen) atoms. The molecular formula is C23H40IN5O. The third-order valence-corrected chi connectivity index (χ3v) is 6.21. The van der Waals surface area contributed by atoms with Gasteiger partial charge in [0.05, 0.1) is 13.2 Å². The minimum Gasteiger partial charge on any atom is -0.370 e. The fourth-order valence-corrected chi connectivity index (χ4v) is 4.30.